The van der Waals surface area contributed by atoms with Gasteiger partial charge in [-0.25, -0.2) is 4.79 Å². The highest BCUT2D eigenvalue weighted by molar-refractivity contribution is 5.91. The molecule has 2 rings (SSSR count). The number of likely N-dealkylation sites (tertiary alicyclic amines) is 1. The lowest BCUT2D eigenvalue weighted by atomic mass is 10.1. The standard InChI is InChI=1S/C13H20N2O4/c1-3-10(13(18)19)14(2)12(17)8-6-11(16)15(7-8)9-4-5-9/h8-10H,3-7H2,1-2H3,(H,18,19). The van der Waals surface area contributed by atoms with Crippen LogP contribution in [0.5, 0.6) is 0 Å². The minimum absolute atomic E-state index is 0.0256. The average molecular weight is 268 g/mol. The molecule has 0 aromatic carbocycles. The Labute approximate surface area is 112 Å². The molecule has 1 aliphatic heterocycles. The van der Waals surface area contributed by atoms with Gasteiger partial charge in [0, 0.05) is 26.1 Å². The van der Waals surface area contributed by atoms with Crippen LogP contribution in [0.4, 0.5) is 0 Å². The number of rotatable bonds is 5. The van der Waals surface area contributed by atoms with Crippen molar-refractivity contribution in [3.05, 3.63) is 0 Å². The van der Waals surface area contributed by atoms with Crippen LogP contribution in [0.15, 0.2) is 0 Å². The third-order valence-electron chi connectivity index (χ3n) is 3.98. The Morgan fingerprint density at radius 3 is 2.58 bits per heavy atom. The molecule has 0 spiro atoms. The average Bonchev–Trinajstić information content (AvgIpc) is 3.12. The molecule has 2 fully saturated rings. The fourth-order valence-corrected chi connectivity index (χ4v) is 2.69. The largest absolute Gasteiger partial charge is 0.480 e. The van der Waals surface area contributed by atoms with Gasteiger partial charge in [0.1, 0.15) is 6.04 Å². The van der Waals surface area contributed by atoms with Crippen molar-refractivity contribution in [3.63, 3.8) is 0 Å². The summed E-state index contributed by atoms with van der Waals surface area (Å²) in [4.78, 5) is 38.2. The van der Waals surface area contributed by atoms with Crippen molar-refractivity contribution in [2.45, 2.75) is 44.7 Å². The zero-order valence-corrected chi connectivity index (χ0v) is 11.3. The van der Waals surface area contributed by atoms with Crippen LogP contribution in [0, 0.1) is 5.92 Å². The van der Waals surface area contributed by atoms with E-state index in [9.17, 15) is 14.4 Å². The second kappa shape index (κ2) is 5.19. The van der Waals surface area contributed by atoms with E-state index in [4.69, 9.17) is 5.11 Å². The zero-order chi connectivity index (χ0) is 14.2. The van der Waals surface area contributed by atoms with Crippen LogP contribution in [-0.2, 0) is 14.4 Å². The van der Waals surface area contributed by atoms with Crippen LogP contribution in [0.25, 0.3) is 0 Å². The molecule has 2 amide bonds. The number of hydrogen-bond acceptors (Lipinski definition) is 3. The number of carboxylic acids is 1. The normalized spacial score (nSPS) is 24.4. The molecule has 1 N–H and O–H groups in total. The van der Waals surface area contributed by atoms with E-state index in [0.717, 1.165) is 12.8 Å². The van der Waals surface area contributed by atoms with Crippen molar-refractivity contribution in [1.29, 1.82) is 0 Å². The number of likely N-dealkylation sites (N-methyl/N-ethyl adjacent to an activating group) is 1. The molecule has 1 saturated carbocycles. The molecule has 1 heterocycles. The van der Waals surface area contributed by atoms with Gasteiger partial charge >= 0.3 is 5.97 Å². The topological polar surface area (TPSA) is 77.9 Å². The van der Waals surface area contributed by atoms with Crippen LogP contribution in [0.2, 0.25) is 0 Å². The van der Waals surface area contributed by atoms with E-state index in [-0.39, 0.29) is 24.2 Å². The number of carbonyl (C=O) groups excluding carboxylic acids is 2. The fourth-order valence-electron chi connectivity index (χ4n) is 2.69. The minimum atomic E-state index is -0.998. The summed E-state index contributed by atoms with van der Waals surface area (Å²) in [5.41, 5.74) is 0. The maximum atomic E-state index is 12.3. The van der Waals surface area contributed by atoms with Crippen LogP contribution >= 0.6 is 0 Å². The van der Waals surface area contributed by atoms with Gasteiger partial charge in [-0.2, -0.15) is 0 Å². The minimum Gasteiger partial charge on any atom is -0.480 e. The number of aliphatic carboxylic acids is 1. The third kappa shape index (κ3) is 2.72. The smallest absolute Gasteiger partial charge is 0.326 e. The highest BCUT2D eigenvalue weighted by atomic mass is 16.4. The summed E-state index contributed by atoms with van der Waals surface area (Å²) in [5.74, 6) is -1.59. The molecule has 0 radical (unpaired) electrons. The van der Waals surface area contributed by atoms with E-state index in [0.29, 0.717) is 19.0 Å². The van der Waals surface area contributed by atoms with Crippen molar-refractivity contribution in [3.8, 4) is 0 Å². The van der Waals surface area contributed by atoms with Gasteiger partial charge < -0.3 is 14.9 Å². The van der Waals surface area contributed by atoms with E-state index in [2.05, 4.69) is 0 Å². The Morgan fingerprint density at radius 2 is 2.11 bits per heavy atom. The Balaban J connectivity index is 1.99. The lowest BCUT2D eigenvalue weighted by Gasteiger charge is -2.26. The number of amides is 2. The monoisotopic (exact) mass is 268 g/mol. The van der Waals surface area contributed by atoms with Crippen LogP contribution in [0.1, 0.15) is 32.6 Å². The van der Waals surface area contributed by atoms with Gasteiger partial charge in [-0.05, 0) is 19.3 Å². The first-order valence-electron chi connectivity index (χ1n) is 6.74. The second-order valence-electron chi connectivity index (χ2n) is 5.39. The van der Waals surface area contributed by atoms with Crippen molar-refractivity contribution in [1.82, 2.24) is 9.80 Å². The van der Waals surface area contributed by atoms with Crippen molar-refractivity contribution in [2.24, 2.45) is 5.92 Å². The highest BCUT2D eigenvalue weighted by Gasteiger charge is 2.43. The lowest BCUT2D eigenvalue weighted by molar-refractivity contribution is -0.150. The quantitative estimate of drug-likeness (QED) is 0.779. The van der Waals surface area contributed by atoms with E-state index < -0.39 is 12.0 Å². The second-order valence-corrected chi connectivity index (χ2v) is 5.39. The number of carbonyl (C=O) groups is 3. The molecule has 2 unspecified atom stereocenters. The van der Waals surface area contributed by atoms with Gasteiger partial charge in [0.2, 0.25) is 11.8 Å². The van der Waals surface area contributed by atoms with Gasteiger partial charge in [-0.15, -0.1) is 0 Å². The molecule has 0 aromatic rings. The summed E-state index contributed by atoms with van der Waals surface area (Å²) in [7, 11) is 1.51. The molecular formula is C13H20N2O4. The predicted molar refractivity (Wildman–Crippen MR) is 67.3 cm³/mol. The molecule has 0 aromatic heterocycles. The SMILES string of the molecule is CCC(C(=O)O)N(C)C(=O)C1CC(=O)N(C2CC2)C1. The molecule has 6 heteroatoms. The first-order valence-corrected chi connectivity index (χ1v) is 6.74. The lowest BCUT2D eigenvalue weighted by Crippen LogP contribution is -2.45. The van der Waals surface area contributed by atoms with E-state index in [1.807, 2.05) is 0 Å². The molecule has 0 bridgehead atoms. The van der Waals surface area contributed by atoms with Gasteiger partial charge in [0.05, 0.1) is 5.92 Å². The predicted octanol–water partition coefficient (Wildman–Crippen LogP) is 0.319. The molecule has 106 valence electrons. The van der Waals surface area contributed by atoms with E-state index >= 15 is 0 Å². The van der Waals surface area contributed by atoms with Gasteiger partial charge in [-0.3, -0.25) is 9.59 Å². The Kier molecular flexibility index (Phi) is 3.78. The van der Waals surface area contributed by atoms with E-state index in [1.54, 1.807) is 11.8 Å². The van der Waals surface area contributed by atoms with Crippen molar-refractivity contribution in [2.75, 3.05) is 13.6 Å². The number of hydrogen-bond donors (Lipinski definition) is 1. The molecule has 1 saturated heterocycles. The summed E-state index contributed by atoms with van der Waals surface area (Å²) in [6, 6.07) is -0.491. The molecule has 2 atom stereocenters. The molecule has 6 nitrogen and oxygen atoms in total. The Hall–Kier alpha value is -1.59. The Morgan fingerprint density at radius 1 is 1.47 bits per heavy atom. The van der Waals surface area contributed by atoms with Crippen molar-refractivity contribution >= 4 is 17.8 Å². The number of nitrogens with zero attached hydrogens (tertiary/aromatic N) is 2. The van der Waals surface area contributed by atoms with Crippen LogP contribution < -0.4 is 0 Å². The summed E-state index contributed by atoms with van der Waals surface area (Å²) in [6.45, 7) is 2.18. The zero-order valence-electron chi connectivity index (χ0n) is 11.3. The molecule has 19 heavy (non-hydrogen) atoms. The summed E-state index contributed by atoms with van der Waals surface area (Å²) < 4.78 is 0. The third-order valence-corrected chi connectivity index (χ3v) is 3.98. The highest BCUT2D eigenvalue weighted by Crippen LogP contribution is 2.33. The van der Waals surface area contributed by atoms with Crippen LogP contribution in [0.3, 0.4) is 0 Å². The number of carboxylic acid groups (broad SMARTS) is 1. The van der Waals surface area contributed by atoms with Gasteiger partial charge in [0.15, 0.2) is 0 Å². The maximum Gasteiger partial charge on any atom is 0.326 e. The maximum absolute atomic E-state index is 12.3. The van der Waals surface area contributed by atoms with Gasteiger partial charge in [0.25, 0.3) is 0 Å². The van der Waals surface area contributed by atoms with Crippen molar-refractivity contribution < 1.29 is 19.5 Å². The van der Waals surface area contributed by atoms with Crippen LogP contribution in [-0.4, -0.2) is 58.4 Å². The molecule has 1 aliphatic carbocycles. The fraction of sp³-hybridized carbons (Fsp3) is 0.769. The van der Waals surface area contributed by atoms with E-state index in [1.165, 1.54) is 11.9 Å². The first-order chi connectivity index (χ1) is 8.95. The summed E-state index contributed by atoms with van der Waals surface area (Å²) in [5, 5.41) is 9.07. The van der Waals surface area contributed by atoms with Gasteiger partial charge in [-0.1, -0.05) is 6.92 Å². The molecule has 2 aliphatic rings. The first kappa shape index (κ1) is 13.8. The summed E-state index contributed by atoms with van der Waals surface area (Å²) in [6.07, 6.45) is 2.63. The molecular weight excluding hydrogens is 248 g/mol. The Bertz CT molecular complexity index is 405. The summed E-state index contributed by atoms with van der Waals surface area (Å²) >= 11 is 0.